The molecule has 0 unspecified atom stereocenters. The van der Waals surface area contributed by atoms with Gasteiger partial charge in [-0.1, -0.05) is 0 Å². The van der Waals surface area contributed by atoms with Gasteiger partial charge in [-0.15, -0.1) is 0 Å². The van der Waals surface area contributed by atoms with E-state index in [1.54, 1.807) is 0 Å². The van der Waals surface area contributed by atoms with E-state index in [2.05, 4.69) is 70.8 Å². The Hall–Kier alpha value is -0.850. The summed E-state index contributed by atoms with van der Waals surface area (Å²) in [5, 5.41) is 9.21. The fraction of sp³-hybridized carbons (Fsp3) is 0.385. The molecule has 104 valence electrons. The number of nitrogens with zero attached hydrogens (tertiary/aromatic N) is 5. The number of hydrogen-bond donors (Lipinski definition) is 0. The Morgan fingerprint density at radius 1 is 1.35 bits per heavy atom. The standard InChI is InChI=1S/C13H13BrIN5/c1-18-2-4-19(5-3-18)11-7-17-13-12(15)9(6-16)10(14)8-20(11)13/h7-8H,2-5H2,1H3. The lowest BCUT2D eigenvalue weighted by Gasteiger charge is -2.33. The molecule has 3 rings (SSSR count). The first kappa shape index (κ1) is 14.1. The summed E-state index contributed by atoms with van der Waals surface area (Å²) in [6, 6.07) is 2.22. The first-order valence-corrected chi connectivity index (χ1v) is 8.17. The van der Waals surface area contributed by atoms with Crippen molar-refractivity contribution in [3.05, 3.63) is 26.0 Å². The van der Waals surface area contributed by atoms with Crippen LogP contribution in [0.3, 0.4) is 0 Å². The van der Waals surface area contributed by atoms with Crippen LogP contribution in [-0.4, -0.2) is 47.5 Å². The molecule has 1 saturated heterocycles. The minimum Gasteiger partial charge on any atom is -0.354 e. The van der Waals surface area contributed by atoms with Crippen molar-refractivity contribution in [1.82, 2.24) is 14.3 Å². The number of hydrogen-bond acceptors (Lipinski definition) is 4. The molecule has 0 spiro atoms. The monoisotopic (exact) mass is 445 g/mol. The first-order valence-electron chi connectivity index (χ1n) is 6.30. The summed E-state index contributed by atoms with van der Waals surface area (Å²) in [6.07, 6.45) is 3.84. The fourth-order valence-electron chi connectivity index (χ4n) is 2.41. The normalized spacial score (nSPS) is 16.6. The van der Waals surface area contributed by atoms with Gasteiger partial charge < -0.3 is 9.80 Å². The van der Waals surface area contributed by atoms with Gasteiger partial charge in [-0.05, 0) is 45.6 Å². The van der Waals surface area contributed by atoms with Crippen molar-refractivity contribution in [1.29, 1.82) is 5.26 Å². The molecular formula is C13H13BrIN5. The molecule has 1 aliphatic heterocycles. The Bertz CT molecular complexity index is 697. The summed E-state index contributed by atoms with van der Waals surface area (Å²) in [5.74, 6) is 1.09. The van der Waals surface area contributed by atoms with E-state index in [0.29, 0.717) is 5.56 Å². The highest BCUT2D eigenvalue weighted by molar-refractivity contribution is 14.1. The SMILES string of the molecule is CN1CCN(c2cnc3c(I)c(C#N)c(Br)cn23)CC1. The number of fused-ring (bicyclic) bond motifs is 1. The second-order valence-electron chi connectivity index (χ2n) is 4.88. The lowest BCUT2D eigenvalue weighted by atomic mass is 10.3. The zero-order valence-corrected chi connectivity index (χ0v) is 14.7. The zero-order valence-electron chi connectivity index (χ0n) is 11.0. The minimum absolute atomic E-state index is 0.647. The van der Waals surface area contributed by atoms with E-state index in [0.717, 1.165) is 45.7 Å². The summed E-state index contributed by atoms with van der Waals surface area (Å²) < 4.78 is 3.77. The van der Waals surface area contributed by atoms with Crippen LogP contribution >= 0.6 is 38.5 Å². The Kier molecular flexibility index (Phi) is 3.88. The summed E-state index contributed by atoms with van der Waals surface area (Å²) in [4.78, 5) is 9.16. The van der Waals surface area contributed by atoms with E-state index in [9.17, 15) is 5.26 Å². The lowest BCUT2D eigenvalue weighted by Crippen LogP contribution is -2.44. The summed E-state index contributed by atoms with van der Waals surface area (Å²) in [5.41, 5.74) is 1.49. The molecule has 1 fully saturated rings. The molecule has 0 bridgehead atoms. The largest absolute Gasteiger partial charge is 0.354 e. The van der Waals surface area contributed by atoms with Crippen molar-refractivity contribution < 1.29 is 0 Å². The molecular weight excluding hydrogens is 433 g/mol. The molecule has 0 radical (unpaired) electrons. The molecule has 0 atom stereocenters. The minimum atomic E-state index is 0.647. The van der Waals surface area contributed by atoms with Crippen LogP contribution in [-0.2, 0) is 0 Å². The van der Waals surface area contributed by atoms with E-state index < -0.39 is 0 Å². The van der Waals surface area contributed by atoms with Crippen molar-refractivity contribution in [2.75, 3.05) is 38.1 Å². The highest BCUT2D eigenvalue weighted by atomic mass is 127. The molecule has 2 aromatic heterocycles. The zero-order chi connectivity index (χ0) is 14.3. The molecule has 20 heavy (non-hydrogen) atoms. The van der Waals surface area contributed by atoms with Crippen LogP contribution in [0.4, 0.5) is 5.82 Å². The maximum Gasteiger partial charge on any atom is 0.153 e. The number of anilines is 1. The average molecular weight is 446 g/mol. The van der Waals surface area contributed by atoms with Crippen LogP contribution in [0.1, 0.15) is 5.56 Å². The number of halogens is 2. The number of imidazole rings is 1. The van der Waals surface area contributed by atoms with Gasteiger partial charge in [0.15, 0.2) is 5.65 Å². The number of piperazine rings is 1. The van der Waals surface area contributed by atoms with Crippen LogP contribution in [0, 0.1) is 14.9 Å². The van der Waals surface area contributed by atoms with E-state index in [1.807, 2.05) is 12.4 Å². The fourth-order valence-corrected chi connectivity index (χ4v) is 4.08. The van der Waals surface area contributed by atoms with Crippen molar-refractivity contribution >= 4 is 50.0 Å². The second-order valence-corrected chi connectivity index (χ2v) is 6.81. The van der Waals surface area contributed by atoms with E-state index in [1.165, 1.54) is 0 Å². The highest BCUT2D eigenvalue weighted by Gasteiger charge is 2.20. The van der Waals surface area contributed by atoms with Gasteiger partial charge in [0.2, 0.25) is 0 Å². The summed E-state index contributed by atoms with van der Waals surface area (Å²) in [7, 11) is 2.14. The Morgan fingerprint density at radius 3 is 2.70 bits per heavy atom. The second kappa shape index (κ2) is 5.50. The van der Waals surface area contributed by atoms with Crippen molar-refractivity contribution in [3.63, 3.8) is 0 Å². The van der Waals surface area contributed by atoms with Gasteiger partial charge in [-0.2, -0.15) is 5.26 Å². The Balaban J connectivity index is 2.08. The molecule has 3 heterocycles. The number of aromatic nitrogens is 2. The summed E-state index contributed by atoms with van der Waals surface area (Å²) >= 11 is 5.67. The molecule has 0 amide bonds. The maximum absolute atomic E-state index is 9.21. The quantitative estimate of drug-likeness (QED) is 0.632. The molecule has 0 aliphatic carbocycles. The topological polar surface area (TPSA) is 47.6 Å². The van der Waals surface area contributed by atoms with Gasteiger partial charge in [0.25, 0.3) is 0 Å². The third-order valence-corrected chi connectivity index (χ3v) is 5.24. The molecule has 7 heteroatoms. The third-order valence-electron chi connectivity index (χ3n) is 3.61. The molecule has 0 aromatic carbocycles. The maximum atomic E-state index is 9.21. The van der Waals surface area contributed by atoms with Gasteiger partial charge in [0, 0.05) is 32.4 Å². The summed E-state index contributed by atoms with van der Waals surface area (Å²) in [6.45, 7) is 4.11. The molecule has 5 nitrogen and oxygen atoms in total. The molecule has 0 saturated carbocycles. The van der Waals surface area contributed by atoms with Crippen molar-refractivity contribution in [2.45, 2.75) is 0 Å². The van der Waals surface area contributed by atoms with Crippen LogP contribution < -0.4 is 4.90 Å². The molecule has 0 N–H and O–H groups in total. The Morgan fingerprint density at radius 2 is 2.05 bits per heavy atom. The van der Waals surface area contributed by atoms with Crippen molar-refractivity contribution in [2.24, 2.45) is 0 Å². The van der Waals surface area contributed by atoms with Gasteiger partial charge in [-0.25, -0.2) is 4.98 Å². The number of rotatable bonds is 1. The number of likely N-dealkylation sites (N-methyl/N-ethyl adjacent to an activating group) is 1. The van der Waals surface area contributed by atoms with Crippen LogP contribution in [0.2, 0.25) is 0 Å². The van der Waals surface area contributed by atoms with Crippen LogP contribution in [0.5, 0.6) is 0 Å². The highest BCUT2D eigenvalue weighted by Crippen LogP contribution is 2.28. The number of pyridine rings is 1. The lowest BCUT2D eigenvalue weighted by molar-refractivity contribution is 0.312. The molecule has 1 aliphatic rings. The van der Waals surface area contributed by atoms with Gasteiger partial charge in [0.1, 0.15) is 11.9 Å². The van der Waals surface area contributed by atoms with Crippen LogP contribution in [0.15, 0.2) is 16.9 Å². The van der Waals surface area contributed by atoms with Crippen LogP contribution in [0.25, 0.3) is 5.65 Å². The van der Waals surface area contributed by atoms with Gasteiger partial charge in [-0.3, -0.25) is 4.40 Å². The Labute approximate surface area is 139 Å². The molecule has 2 aromatic rings. The predicted molar refractivity (Wildman–Crippen MR) is 90.0 cm³/mol. The smallest absolute Gasteiger partial charge is 0.153 e. The van der Waals surface area contributed by atoms with Gasteiger partial charge >= 0.3 is 0 Å². The van der Waals surface area contributed by atoms with E-state index in [-0.39, 0.29) is 0 Å². The predicted octanol–water partition coefficient (Wildman–Crippen LogP) is 2.32. The van der Waals surface area contributed by atoms with Gasteiger partial charge in [0.05, 0.1) is 19.8 Å². The number of nitriles is 1. The average Bonchev–Trinajstić information content (AvgIpc) is 2.84. The first-order chi connectivity index (χ1) is 9.61. The third kappa shape index (κ3) is 2.29. The van der Waals surface area contributed by atoms with E-state index in [4.69, 9.17) is 0 Å². The van der Waals surface area contributed by atoms with E-state index >= 15 is 0 Å². The van der Waals surface area contributed by atoms with Crippen molar-refractivity contribution in [3.8, 4) is 6.07 Å².